The van der Waals surface area contributed by atoms with Crippen molar-refractivity contribution in [2.24, 2.45) is 5.73 Å². The summed E-state index contributed by atoms with van der Waals surface area (Å²) in [7, 11) is 1.65. The number of hydrogen-bond acceptors (Lipinski definition) is 3. The average Bonchev–Trinajstić information content (AvgIpc) is 2.98. The van der Waals surface area contributed by atoms with Gasteiger partial charge in [-0.3, -0.25) is 4.79 Å². The Bertz CT molecular complexity index is 670. The van der Waals surface area contributed by atoms with Crippen molar-refractivity contribution in [1.82, 2.24) is 4.90 Å². The number of nitrogens with two attached hydrogens (primary N) is 1. The molecule has 4 nitrogen and oxygen atoms in total. The summed E-state index contributed by atoms with van der Waals surface area (Å²) >= 11 is 0. The van der Waals surface area contributed by atoms with Gasteiger partial charge < -0.3 is 15.4 Å². The molecule has 0 aromatic heterocycles. The van der Waals surface area contributed by atoms with Crippen LogP contribution in [0, 0.1) is 0 Å². The maximum absolute atomic E-state index is 12.5. The summed E-state index contributed by atoms with van der Waals surface area (Å²) in [6.45, 7) is 1.78. The molecule has 1 unspecified atom stereocenters. The van der Waals surface area contributed by atoms with E-state index >= 15 is 0 Å². The van der Waals surface area contributed by atoms with Gasteiger partial charge in [-0.25, -0.2) is 0 Å². The van der Waals surface area contributed by atoms with Crippen LogP contribution < -0.4 is 5.73 Å². The smallest absolute Gasteiger partial charge is 0.254 e. The first-order valence-electron chi connectivity index (χ1n) is 7.39. The highest BCUT2D eigenvalue weighted by Crippen LogP contribution is 2.27. The van der Waals surface area contributed by atoms with Gasteiger partial charge >= 0.3 is 0 Å². The van der Waals surface area contributed by atoms with E-state index in [1.165, 1.54) is 11.1 Å². The van der Waals surface area contributed by atoms with Crippen molar-refractivity contribution in [2.45, 2.75) is 19.1 Å². The summed E-state index contributed by atoms with van der Waals surface area (Å²) < 4.78 is 5.11. The van der Waals surface area contributed by atoms with Gasteiger partial charge in [-0.1, -0.05) is 36.4 Å². The zero-order chi connectivity index (χ0) is 15.5. The summed E-state index contributed by atoms with van der Waals surface area (Å²) in [5, 5.41) is 0. The topological polar surface area (TPSA) is 55.6 Å². The number of carbonyl (C=O) groups excluding carboxylic acids is 1. The largest absolute Gasteiger partial charge is 0.383 e. The standard InChI is InChI=1S/C18H20N2O2/c1-22-12-17(19)14-7-8-15-10-20(11-16(15)9-14)18(21)13-5-3-2-4-6-13/h2-9,17H,10-12,19H2,1H3. The number of carbonyl (C=O) groups is 1. The average molecular weight is 296 g/mol. The second-order valence-electron chi connectivity index (χ2n) is 5.62. The lowest BCUT2D eigenvalue weighted by Gasteiger charge is -2.15. The van der Waals surface area contributed by atoms with Crippen LogP contribution in [0.15, 0.2) is 48.5 Å². The molecule has 1 atom stereocenters. The van der Waals surface area contributed by atoms with Crippen molar-refractivity contribution >= 4 is 5.91 Å². The van der Waals surface area contributed by atoms with Crippen LogP contribution in [-0.4, -0.2) is 24.5 Å². The Balaban J connectivity index is 1.77. The van der Waals surface area contributed by atoms with Gasteiger partial charge in [0.1, 0.15) is 0 Å². The molecule has 2 aromatic rings. The molecule has 0 spiro atoms. The Labute approximate surface area is 130 Å². The maximum Gasteiger partial charge on any atom is 0.254 e. The first kappa shape index (κ1) is 14.8. The molecule has 0 fully saturated rings. The Hall–Kier alpha value is -2.17. The van der Waals surface area contributed by atoms with Gasteiger partial charge in [0, 0.05) is 25.8 Å². The van der Waals surface area contributed by atoms with Crippen LogP contribution in [0.25, 0.3) is 0 Å². The molecule has 1 aliphatic heterocycles. The van der Waals surface area contributed by atoms with Crippen molar-refractivity contribution in [2.75, 3.05) is 13.7 Å². The van der Waals surface area contributed by atoms with E-state index in [-0.39, 0.29) is 11.9 Å². The SMILES string of the molecule is COCC(N)c1ccc2c(c1)CN(C(=O)c1ccccc1)C2. The van der Waals surface area contributed by atoms with Crippen molar-refractivity contribution in [3.05, 3.63) is 70.8 Å². The number of ether oxygens (including phenoxy) is 1. The number of hydrogen-bond donors (Lipinski definition) is 1. The van der Waals surface area contributed by atoms with E-state index in [1.54, 1.807) is 7.11 Å². The molecule has 22 heavy (non-hydrogen) atoms. The van der Waals surface area contributed by atoms with E-state index in [0.717, 1.165) is 11.1 Å². The first-order chi connectivity index (χ1) is 10.7. The number of fused-ring (bicyclic) bond motifs is 1. The van der Waals surface area contributed by atoms with Crippen LogP contribution in [0.3, 0.4) is 0 Å². The maximum atomic E-state index is 12.5. The first-order valence-corrected chi connectivity index (χ1v) is 7.39. The van der Waals surface area contributed by atoms with Gasteiger partial charge in [-0.2, -0.15) is 0 Å². The Morgan fingerprint density at radius 2 is 1.91 bits per heavy atom. The van der Waals surface area contributed by atoms with Crippen molar-refractivity contribution < 1.29 is 9.53 Å². The molecule has 0 radical (unpaired) electrons. The van der Waals surface area contributed by atoms with Crippen molar-refractivity contribution in [3.63, 3.8) is 0 Å². The number of nitrogens with zero attached hydrogens (tertiary/aromatic N) is 1. The van der Waals surface area contributed by atoms with Gasteiger partial charge in [-0.05, 0) is 28.8 Å². The lowest BCUT2D eigenvalue weighted by atomic mass is 10.0. The minimum absolute atomic E-state index is 0.0690. The number of amides is 1. The predicted molar refractivity (Wildman–Crippen MR) is 85.3 cm³/mol. The molecular weight excluding hydrogens is 276 g/mol. The summed E-state index contributed by atoms with van der Waals surface area (Å²) in [4.78, 5) is 14.4. The minimum Gasteiger partial charge on any atom is -0.383 e. The summed E-state index contributed by atoms with van der Waals surface area (Å²) in [5.74, 6) is 0.0690. The van der Waals surface area contributed by atoms with Crippen molar-refractivity contribution in [3.8, 4) is 0 Å². The highest BCUT2D eigenvalue weighted by atomic mass is 16.5. The zero-order valence-corrected chi connectivity index (χ0v) is 12.7. The highest BCUT2D eigenvalue weighted by molar-refractivity contribution is 5.94. The third-order valence-corrected chi connectivity index (χ3v) is 4.04. The predicted octanol–water partition coefficient (Wildman–Crippen LogP) is 2.49. The molecule has 0 bridgehead atoms. The molecule has 3 rings (SSSR count). The second-order valence-corrected chi connectivity index (χ2v) is 5.62. The molecule has 1 heterocycles. The Morgan fingerprint density at radius 1 is 1.18 bits per heavy atom. The van der Waals surface area contributed by atoms with E-state index in [4.69, 9.17) is 10.5 Å². The molecule has 114 valence electrons. The van der Waals surface area contributed by atoms with E-state index in [9.17, 15) is 4.79 Å². The molecule has 1 amide bonds. The van der Waals surface area contributed by atoms with E-state index in [1.807, 2.05) is 41.3 Å². The third kappa shape index (κ3) is 2.89. The van der Waals surface area contributed by atoms with E-state index in [0.29, 0.717) is 19.7 Å². The van der Waals surface area contributed by atoms with Gasteiger partial charge in [0.25, 0.3) is 5.91 Å². The van der Waals surface area contributed by atoms with E-state index in [2.05, 4.69) is 12.1 Å². The number of rotatable bonds is 4. The molecule has 0 aliphatic carbocycles. The van der Waals surface area contributed by atoms with E-state index < -0.39 is 0 Å². The normalized spacial score (nSPS) is 14.7. The van der Waals surface area contributed by atoms with Crippen LogP contribution in [-0.2, 0) is 17.8 Å². The highest BCUT2D eigenvalue weighted by Gasteiger charge is 2.24. The van der Waals surface area contributed by atoms with Crippen molar-refractivity contribution in [1.29, 1.82) is 0 Å². The number of methoxy groups -OCH3 is 1. The molecule has 2 N–H and O–H groups in total. The van der Waals surface area contributed by atoms with Crippen LogP contribution in [0.1, 0.15) is 33.1 Å². The third-order valence-electron chi connectivity index (χ3n) is 4.04. The molecule has 4 heteroatoms. The quantitative estimate of drug-likeness (QED) is 0.943. The van der Waals surface area contributed by atoms with Gasteiger partial charge in [0.05, 0.1) is 12.6 Å². The van der Waals surface area contributed by atoms with Crippen LogP contribution in [0.2, 0.25) is 0 Å². The fraction of sp³-hybridized carbons (Fsp3) is 0.278. The van der Waals surface area contributed by atoms with Gasteiger partial charge in [0.15, 0.2) is 0 Å². The second kappa shape index (κ2) is 6.30. The molecule has 1 aliphatic rings. The zero-order valence-electron chi connectivity index (χ0n) is 12.7. The fourth-order valence-electron chi connectivity index (χ4n) is 2.83. The Kier molecular flexibility index (Phi) is 4.22. The molecule has 0 saturated heterocycles. The molecule has 0 saturated carbocycles. The van der Waals surface area contributed by atoms with Crippen LogP contribution in [0.4, 0.5) is 0 Å². The summed E-state index contributed by atoms with van der Waals surface area (Å²) in [6, 6.07) is 15.5. The fourth-order valence-corrected chi connectivity index (χ4v) is 2.83. The minimum atomic E-state index is -0.130. The van der Waals surface area contributed by atoms with Gasteiger partial charge in [0.2, 0.25) is 0 Å². The lowest BCUT2D eigenvalue weighted by Crippen LogP contribution is -2.25. The lowest BCUT2D eigenvalue weighted by molar-refractivity contribution is 0.0751. The number of benzene rings is 2. The molecular formula is C18H20N2O2. The summed E-state index contributed by atoms with van der Waals surface area (Å²) in [6.07, 6.45) is 0. The Morgan fingerprint density at radius 3 is 2.64 bits per heavy atom. The van der Waals surface area contributed by atoms with Crippen LogP contribution in [0.5, 0.6) is 0 Å². The monoisotopic (exact) mass is 296 g/mol. The summed E-state index contributed by atoms with van der Waals surface area (Å²) in [5.41, 5.74) is 10.2. The molecule has 2 aromatic carbocycles. The van der Waals surface area contributed by atoms with Gasteiger partial charge in [-0.15, -0.1) is 0 Å². The van der Waals surface area contributed by atoms with Crippen LogP contribution >= 0.6 is 0 Å².